The first-order valence-corrected chi connectivity index (χ1v) is 8.26. The first kappa shape index (κ1) is 16.9. The number of hydrogen-bond donors (Lipinski definition) is 1. The summed E-state index contributed by atoms with van der Waals surface area (Å²) in [6, 6.07) is 13.5. The van der Waals surface area contributed by atoms with E-state index in [0.717, 1.165) is 16.8 Å². The van der Waals surface area contributed by atoms with E-state index in [9.17, 15) is 9.18 Å². The van der Waals surface area contributed by atoms with Crippen LogP contribution in [0, 0.1) is 5.82 Å². The first-order chi connectivity index (χ1) is 12.1. The summed E-state index contributed by atoms with van der Waals surface area (Å²) in [6.45, 7) is 4.55. The SMILES string of the molecule is CCn1cc(-c2ccc(F)cc2)cc1C(=O)N[C@H](C)c1ccccn1. The molecule has 0 unspecified atom stereocenters. The minimum atomic E-state index is -0.277. The van der Waals surface area contributed by atoms with Crippen LogP contribution in [0.25, 0.3) is 11.1 Å². The summed E-state index contributed by atoms with van der Waals surface area (Å²) in [5.41, 5.74) is 3.15. The quantitative estimate of drug-likeness (QED) is 0.758. The van der Waals surface area contributed by atoms with Crippen molar-refractivity contribution in [1.82, 2.24) is 14.9 Å². The number of amides is 1. The van der Waals surface area contributed by atoms with Crippen molar-refractivity contribution >= 4 is 5.91 Å². The lowest BCUT2D eigenvalue weighted by molar-refractivity contribution is 0.0930. The molecule has 0 radical (unpaired) electrons. The second-order valence-corrected chi connectivity index (χ2v) is 5.86. The van der Waals surface area contributed by atoms with E-state index in [-0.39, 0.29) is 17.8 Å². The van der Waals surface area contributed by atoms with E-state index < -0.39 is 0 Å². The van der Waals surface area contributed by atoms with Gasteiger partial charge in [-0.2, -0.15) is 0 Å². The second kappa shape index (κ2) is 7.30. The molecule has 1 aromatic carbocycles. The summed E-state index contributed by atoms with van der Waals surface area (Å²) >= 11 is 0. The summed E-state index contributed by atoms with van der Waals surface area (Å²) < 4.78 is 15.0. The predicted octanol–water partition coefficient (Wildman–Crippen LogP) is 4.20. The van der Waals surface area contributed by atoms with E-state index in [1.807, 2.05) is 48.9 Å². The number of halogens is 1. The fourth-order valence-corrected chi connectivity index (χ4v) is 2.74. The molecular formula is C20H20FN3O. The van der Waals surface area contributed by atoms with E-state index in [1.54, 1.807) is 18.3 Å². The molecule has 0 aliphatic heterocycles. The van der Waals surface area contributed by atoms with Gasteiger partial charge in [-0.15, -0.1) is 0 Å². The lowest BCUT2D eigenvalue weighted by Gasteiger charge is -2.14. The summed E-state index contributed by atoms with van der Waals surface area (Å²) in [5.74, 6) is -0.436. The van der Waals surface area contributed by atoms with E-state index in [1.165, 1.54) is 12.1 Å². The minimum absolute atomic E-state index is 0.159. The third-order valence-electron chi connectivity index (χ3n) is 4.13. The highest BCUT2D eigenvalue weighted by atomic mass is 19.1. The molecule has 0 fully saturated rings. The maximum absolute atomic E-state index is 13.1. The largest absolute Gasteiger partial charge is 0.343 e. The number of carbonyl (C=O) groups is 1. The Hall–Kier alpha value is -2.95. The normalized spacial score (nSPS) is 12.0. The molecule has 128 valence electrons. The van der Waals surface area contributed by atoms with Gasteiger partial charge in [0.05, 0.1) is 11.7 Å². The second-order valence-electron chi connectivity index (χ2n) is 5.86. The molecule has 0 saturated carbocycles. The topological polar surface area (TPSA) is 46.9 Å². The smallest absolute Gasteiger partial charge is 0.268 e. The first-order valence-electron chi connectivity index (χ1n) is 8.26. The van der Waals surface area contributed by atoms with Crippen LogP contribution in [-0.4, -0.2) is 15.5 Å². The molecule has 2 aromatic heterocycles. The highest BCUT2D eigenvalue weighted by molar-refractivity contribution is 5.94. The Morgan fingerprint density at radius 1 is 1.20 bits per heavy atom. The monoisotopic (exact) mass is 337 g/mol. The van der Waals surface area contributed by atoms with E-state index in [0.29, 0.717) is 12.2 Å². The van der Waals surface area contributed by atoms with Crippen LogP contribution in [0.4, 0.5) is 4.39 Å². The molecule has 0 saturated heterocycles. The number of carbonyl (C=O) groups excluding carboxylic acids is 1. The molecule has 3 rings (SSSR count). The maximum Gasteiger partial charge on any atom is 0.268 e. The molecule has 0 bridgehead atoms. The van der Waals surface area contributed by atoms with Gasteiger partial charge in [0.1, 0.15) is 11.5 Å². The van der Waals surface area contributed by atoms with Gasteiger partial charge in [-0.25, -0.2) is 4.39 Å². The van der Waals surface area contributed by atoms with Crippen LogP contribution < -0.4 is 5.32 Å². The highest BCUT2D eigenvalue weighted by Crippen LogP contribution is 2.23. The van der Waals surface area contributed by atoms with Crippen molar-refractivity contribution in [2.45, 2.75) is 26.4 Å². The summed E-state index contributed by atoms with van der Waals surface area (Å²) in [6.07, 6.45) is 3.62. The zero-order valence-corrected chi connectivity index (χ0v) is 14.2. The van der Waals surface area contributed by atoms with Crippen LogP contribution >= 0.6 is 0 Å². The Morgan fingerprint density at radius 3 is 2.60 bits per heavy atom. The zero-order valence-electron chi connectivity index (χ0n) is 14.2. The van der Waals surface area contributed by atoms with Crippen LogP contribution in [0.1, 0.15) is 36.1 Å². The molecule has 0 aliphatic rings. The lowest BCUT2D eigenvalue weighted by Crippen LogP contribution is -2.28. The van der Waals surface area contributed by atoms with Crippen LogP contribution in [0.5, 0.6) is 0 Å². The standard InChI is InChI=1S/C20H20FN3O/c1-3-24-13-16(15-7-9-17(21)10-8-15)12-19(24)20(25)23-14(2)18-6-4-5-11-22-18/h4-14H,3H2,1-2H3,(H,23,25)/t14-/m1/s1. The maximum atomic E-state index is 13.1. The van der Waals surface area contributed by atoms with Gasteiger partial charge in [0.25, 0.3) is 5.91 Å². The molecule has 2 heterocycles. The molecular weight excluding hydrogens is 317 g/mol. The number of benzene rings is 1. The Balaban J connectivity index is 1.83. The minimum Gasteiger partial charge on any atom is -0.343 e. The number of nitrogens with one attached hydrogen (secondary N) is 1. The third kappa shape index (κ3) is 3.76. The fraction of sp³-hybridized carbons (Fsp3) is 0.200. The molecule has 1 N–H and O–H groups in total. The van der Waals surface area contributed by atoms with Gasteiger partial charge >= 0.3 is 0 Å². The molecule has 0 spiro atoms. The van der Waals surface area contributed by atoms with Crippen molar-refractivity contribution in [3.05, 3.63) is 78.1 Å². The molecule has 4 nitrogen and oxygen atoms in total. The number of pyridine rings is 1. The molecule has 1 atom stereocenters. The van der Waals surface area contributed by atoms with Gasteiger partial charge in [-0.3, -0.25) is 9.78 Å². The molecule has 5 heteroatoms. The van der Waals surface area contributed by atoms with Crippen molar-refractivity contribution in [2.75, 3.05) is 0 Å². The molecule has 25 heavy (non-hydrogen) atoms. The van der Waals surface area contributed by atoms with Crippen molar-refractivity contribution in [2.24, 2.45) is 0 Å². The van der Waals surface area contributed by atoms with Crippen molar-refractivity contribution in [1.29, 1.82) is 0 Å². The number of aromatic nitrogens is 2. The van der Waals surface area contributed by atoms with Gasteiger partial charge in [-0.05, 0) is 49.7 Å². The average Bonchev–Trinajstić information content (AvgIpc) is 3.07. The Labute approximate surface area is 146 Å². The van der Waals surface area contributed by atoms with Crippen molar-refractivity contribution < 1.29 is 9.18 Å². The van der Waals surface area contributed by atoms with Gasteiger partial charge in [0, 0.05) is 24.5 Å². The van der Waals surface area contributed by atoms with E-state index >= 15 is 0 Å². The molecule has 0 aliphatic carbocycles. The van der Waals surface area contributed by atoms with Gasteiger partial charge < -0.3 is 9.88 Å². The van der Waals surface area contributed by atoms with Crippen molar-refractivity contribution in [3.63, 3.8) is 0 Å². The zero-order chi connectivity index (χ0) is 17.8. The Bertz CT molecular complexity index is 856. The number of nitrogens with zero attached hydrogens (tertiary/aromatic N) is 2. The van der Waals surface area contributed by atoms with Crippen LogP contribution in [0.3, 0.4) is 0 Å². The van der Waals surface area contributed by atoms with Gasteiger partial charge in [0.15, 0.2) is 0 Å². The third-order valence-corrected chi connectivity index (χ3v) is 4.13. The van der Waals surface area contributed by atoms with Crippen LogP contribution in [0.15, 0.2) is 60.9 Å². The highest BCUT2D eigenvalue weighted by Gasteiger charge is 2.17. The number of hydrogen-bond acceptors (Lipinski definition) is 2. The van der Waals surface area contributed by atoms with Gasteiger partial charge in [0.2, 0.25) is 0 Å². The summed E-state index contributed by atoms with van der Waals surface area (Å²) in [7, 11) is 0. The van der Waals surface area contributed by atoms with Crippen LogP contribution in [-0.2, 0) is 6.54 Å². The molecule has 1 amide bonds. The average molecular weight is 337 g/mol. The van der Waals surface area contributed by atoms with E-state index in [4.69, 9.17) is 0 Å². The Kier molecular flexibility index (Phi) is 4.93. The van der Waals surface area contributed by atoms with Gasteiger partial charge in [-0.1, -0.05) is 18.2 Å². The summed E-state index contributed by atoms with van der Waals surface area (Å²) in [4.78, 5) is 17.0. The predicted molar refractivity (Wildman–Crippen MR) is 95.6 cm³/mol. The number of rotatable bonds is 5. The lowest BCUT2D eigenvalue weighted by atomic mass is 10.1. The molecule has 3 aromatic rings. The van der Waals surface area contributed by atoms with E-state index in [2.05, 4.69) is 10.3 Å². The summed E-state index contributed by atoms with van der Waals surface area (Å²) in [5, 5.41) is 2.98. The van der Waals surface area contributed by atoms with Crippen molar-refractivity contribution in [3.8, 4) is 11.1 Å². The fourth-order valence-electron chi connectivity index (χ4n) is 2.74. The Morgan fingerprint density at radius 2 is 1.96 bits per heavy atom. The van der Waals surface area contributed by atoms with Crippen LogP contribution in [0.2, 0.25) is 0 Å². The number of aryl methyl sites for hydroxylation is 1.